The number of sulfonamides is 1. The average Bonchev–Trinajstić information content (AvgIpc) is 3.70. The summed E-state index contributed by atoms with van der Waals surface area (Å²) in [4.78, 5) is 33.7. The Balaban J connectivity index is 1.12. The summed E-state index contributed by atoms with van der Waals surface area (Å²) in [5.74, 6) is -0.463. The fraction of sp³-hybridized carbons (Fsp3) is 0.333. The molecule has 224 valence electrons. The third-order valence-electron chi connectivity index (χ3n) is 7.91. The quantitative estimate of drug-likeness (QED) is 0.106. The van der Waals surface area contributed by atoms with Crippen LogP contribution in [0.3, 0.4) is 0 Å². The van der Waals surface area contributed by atoms with Gasteiger partial charge in [0, 0.05) is 42.8 Å². The largest absolute Gasteiger partial charge is 0.455 e. The van der Waals surface area contributed by atoms with E-state index < -0.39 is 25.7 Å². The zero-order valence-corrected chi connectivity index (χ0v) is 24.2. The van der Waals surface area contributed by atoms with Crippen LogP contribution in [0, 0.1) is 10.1 Å². The monoisotopic (exact) mass is 604 g/mol. The van der Waals surface area contributed by atoms with Gasteiger partial charge in [0.2, 0.25) is 0 Å². The van der Waals surface area contributed by atoms with Crippen molar-refractivity contribution in [3.8, 4) is 11.5 Å². The number of amides is 1. The molecule has 2 aromatic carbocycles. The molecule has 13 heteroatoms. The molecule has 0 bridgehead atoms. The molecule has 2 heterocycles. The van der Waals surface area contributed by atoms with E-state index in [0.29, 0.717) is 30.0 Å². The first-order chi connectivity index (χ1) is 20.8. The van der Waals surface area contributed by atoms with Crippen LogP contribution in [0.2, 0.25) is 0 Å². The molecule has 0 atom stereocenters. The minimum Gasteiger partial charge on any atom is -0.455 e. The number of para-hydroxylation sites is 1. The number of aromatic nitrogens is 2. The van der Waals surface area contributed by atoms with Crippen molar-refractivity contribution < 1.29 is 22.9 Å². The Morgan fingerprint density at radius 1 is 1.09 bits per heavy atom. The Kier molecular flexibility index (Phi) is 8.00. The lowest BCUT2D eigenvalue weighted by molar-refractivity contribution is -0.384. The SMILES string of the molecule is O=C(NS(=O)(=O)c1ccc(NCCCN(C2CCC2)C2CC2)c([N+](=O)[O-])c1)c1ccccc1Oc1cnc2[nH]ccc2c1. The Morgan fingerprint density at radius 3 is 2.63 bits per heavy atom. The molecule has 2 aromatic heterocycles. The predicted molar refractivity (Wildman–Crippen MR) is 161 cm³/mol. The lowest BCUT2D eigenvalue weighted by Crippen LogP contribution is -2.42. The molecule has 3 N–H and O–H groups in total. The first-order valence-corrected chi connectivity index (χ1v) is 15.8. The molecule has 0 aliphatic heterocycles. The summed E-state index contributed by atoms with van der Waals surface area (Å²) in [6.07, 6.45) is 10.3. The Bertz CT molecular complexity index is 1770. The van der Waals surface area contributed by atoms with Crippen molar-refractivity contribution in [1.29, 1.82) is 0 Å². The van der Waals surface area contributed by atoms with Crippen LogP contribution in [0.4, 0.5) is 11.4 Å². The lowest BCUT2D eigenvalue weighted by Gasteiger charge is -2.38. The summed E-state index contributed by atoms with van der Waals surface area (Å²) in [6, 6.07) is 14.6. The van der Waals surface area contributed by atoms with Gasteiger partial charge in [-0.25, -0.2) is 18.1 Å². The first kappa shape index (κ1) is 28.6. The van der Waals surface area contributed by atoms with E-state index >= 15 is 0 Å². The maximum absolute atomic E-state index is 13.2. The van der Waals surface area contributed by atoms with E-state index in [0.717, 1.165) is 24.4 Å². The van der Waals surface area contributed by atoms with Crippen LogP contribution in [0.1, 0.15) is 48.9 Å². The number of carbonyl (C=O) groups excluding carboxylic acids is 1. The maximum atomic E-state index is 13.2. The van der Waals surface area contributed by atoms with Gasteiger partial charge in [-0.2, -0.15) is 0 Å². The number of nitrogens with one attached hydrogen (secondary N) is 3. The number of nitrogens with zero attached hydrogens (tertiary/aromatic N) is 3. The first-order valence-electron chi connectivity index (χ1n) is 14.3. The number of pyridine rings is 1. The van der Waals surface area contributed by atoms with E-state index in [1.807, 2.05) is 10.8 Å². The second-order valence-corrected chi connectivity index (χ2v) is 12.6. The second-order valence-electron chi connectivity index (χ2n) is 10.9. The second kappa shape index (κ2) is 12.0. The fourth-order valence-corrected chi connectivity index (χ4v) is 6.32. The third kappa shape index (κ3) is 6.47. The third-order valence-corrected chi connectivity index (χ3v) is 9.23. The Morgan fingerprint density at radius 2 is 1.88 bits per heavy atom. The number of hydrogen-bond donors (Lipinski definition) is 3. The minimum absolute atomic E-state index is 0.0323. The number of carbonyl (C=O) groups is 1. The number of anilines is 1. The molecule has 12 nitrogen and oxygen atoms in total. The number of hydrogen-bond acceptors (Lipinski definition) is 9. The lowest BCUT2D eigenvalue weighted by atomic mass is 9.91. The molecule has 2 aliphatic rings. The highest BCUT2D eigenvalue weighted by molar-refractivity contribution is 7.90. The molecule has 43 heavy (non-hydrogen) atoms. The summed E-state index contributed by atoms with van der Waals surface area (Å²) in [7, 11) is -4.45. The van der Waals surface area contributed by atoms with Gasteiger partial charge in [-0.05, 0) is 68.5 Å². The Labute approximate surface area is 248 Å². The average molecular weight is 605 g/mol. The van der Waals surface area contributed by atoms with Gasteiger partial charge in [0.05, 0.1) is 21.6 Å². The van der Waals surface area contributed by atoms with Crippen molar-refractivity contribution in [2.24, 2.45) is 0 Å². The van der Waals surface area contributed by atoms with Crippen molar-refractivity contribution in [2.75, 3.05) is 18.4 Å². The van der Waals surface area contributed by atoms with Crippen molar-refractivity contribution in [2.45, 2.75) is 55.5 Å². The van der Waals surface area contributed by atoms with Crippen molar-refractivity contribution >= 4 is 38.3 Å². The molecule has 0 saturated heterocycles. The number of nitro benzene ring substituents is 1. The van der Waals surface area contributed by atoms with E-state index in [4.69, 9.17) is 4.74 Å². The highest BCUT2D eigenvalue weighted by atomic mass is 32.2. The van der Waals surface area contributed by atoms with E-state index in [2.05, 4.69) is 20.2 Å². The number of aromatic amines is 1. The predicted octanol–water partition coefficient (Wildman–Crippen LogP) is 5.20. The van der Waals surface area contributed by atoms with Gasteiger partial charge in [-0.1, -0.05) is 18.6 Å². The van der Waals surface area contributed by atoms with Crippen LogP contribution >= 0.6 is 0 Å². The van der Waals surface area contributed by atoms with Crippen LogP contribution in [0.5, 0.6) is 11.5 Å². The Hall–Kier alpha value is -4.49. The molecule has 4 aromatic rings. The summed E-state index contributed by atoms with van der Waals surface area (Å²) < 4.78 is 34.2. The van der Waals surface area contributed by atoms with E-state index in [1.54, 1.807) is 24.4 Å². The number of fused-ring (bicyclic) bond motifs is 1. The summed E-state index contributed by atoms with van der Waals surface area (Å²) in [5, 5.41) is 15.7. The zero-order chi connectivity index (χ0) is 30.0. The molecule has 2 saturated carbocycles. The summed E-state index contributed by atoms with van der Waals surface area (Å²) in [5.41, 5.74) is 0.479. The normalized spacial score (nSPS) is 15.3. The highest BCUT2D eigenvalue weighted by Crippen LogP contribution is 2.35. The van der Waals surface area contributed by atoms with Gasteiger partial charge in [-0.3, -0.25) is 19.8 Å². The molecule has 2 aliphatic carbocycles. The summed E-state index contributed by atoms with van der Waals surface area (Å²) in [6.45, 7) is 1.44. The maximum Gasteiger partial charge on any atom is 0.293 e. The van der Waals surface area contributed by atoms with Crippen LogP contribution < -0.4 is 14.8 Å². The van der Waals surface area contributed by atoms with Gasteiger partial charge in [0.1, 0.15) is 22.8 Å². The number of rotatable bonds is 13. The fourth-order valence-electron chi connectivity index (χ4n) is 5.33. The highest BCUT2D eigenvalue weighted by Gasteiger charge is 2.35. The standard InChI is InChI=1S/C30H32N6O6S/c37-30(25-7-1-2-8-28(25)42-23-17-20-13-15-32-29(20)33-19-23)34-43(40,41)24-11-12-26(27(18-24)36(38)39)31-14-4-16-35(22-9-10-22)21-5-3-6-21/h1-2,7-8,11-13,15,17-19,21-22,31H,3-6,9-10,14,16H2,(H,32,33)(H,34,37). The number of ether oxygens (including phenoxy) is 1. The van der Waals surface area contributed by atoms with Gasteiger partial charge in [0.15, 0.2) is 0 Å². The number of H-pyrrole nitrogens is 1. The minimum atomic E-state index is -4.45. The van der Waals surface area contributed by atoms with E-state index in [9.17, 15) is 23.3 Å². The zero-order valence-electron chi connectivity index (χ0n) is 23.4. The van der Waals surface area contributed by atoms with Gasteiger partial charge < -0.3 is 15.0 Å². The van der Waals surface area contributed by atoms with Crippen LogP contribution in [-0.4, -0.2) is 59.3 Å². The van der Waals surface area contributed by atoms with E-state index in [1.165, 1.54) is 62.6 Å². The van der Waals surface area contributed by atoms with Crippen LogP contribution in [0.15, 0.2) is 71.9 Å². The number of nitro groups is 1. The number of benzene rings is 2. The van der Waals surface area contributed by atoms with Crippen molar-refractivity contribution in [3.63, 3.8) is 0 Å². The molecule has 1 amide bonds. The molecular formula is C30H32N6O6S. The molecule has 0 radical (unpaired) electrons. The van der Waals surface area contributed by atoms with E-state index in [-0.39, 0.29) is 22.7 Å². The van der Waals surface area contributed by atoms with Crippen LogP contribution in [0.25, 0.3) is 11.0 Å². The topological polar surface area (TPSA) is 160 Å². The van der Waals surface area contributed by atoms with Gasteiger partial charge in [0.25, 0.3) is 21.6 Å². The molecule has 2 fully saturated rings. The summed E-state index contributed by atoms with van der Waals surface area (Å²) >= 11 is 0. The van der Waals surface area contributed by atoms with Crippen molar-refractivity contribution in [3.05, 3.63) is 82.7 Å². The van der Waals surface area contributed by atoms with Crippen LogP contribution in [-0.2, 0) is 10.0 Å². The van der Waals surface area contributed by atoms with Gasteiger partial charge >= 0.3 is 0 Å². The molecular weight excluding hydrogens is 572 g/mol. The van der Waals surface area contributed by atoms with Crippen molar-refractivity contribution in [1.82, 2.24) is 19.6 Å². The molecule has 0 spiro atoms. The molecule has 0 unspecified atom stereocenters. The smallest absolute Gasteiger partial charge is 0.293 e. The van der Waals surface area contributed by atoms with Gasteiger partial charge in [-0.15, -0.1) is 0 Å². The molecule has 6 rings (SSSR count).